The van der Waals surface area contributed by atoms with Crippen LogP contribution in [0.5, 0.6) is 23.0 Å². The summed E-state index contributed by atoms with van der Waals surface area (Å²) in [6.07, 6.45) is 5.25. The molecule has 0 aliphatic carbocycles. The van der Waals surface area contributed by atoms with E-state index >= 15 is 0 Å². The smallest absolute Gasteiger partial charge is 0.231 e. The van der Waals surface area contributed by atoms with Crippen molar-refractivity contribution in [1.82, 2.24) is 9.88 Å². The van der Waals surface area contributed by atoms with Gasteiger partial charge in [0.05, 0.1) is 25.3 Å². The number of methoxy groups -OCH3 is 2. The number of carbonyl (C=O) groups excluding carboxylic acids is 1. The third kappa shape index (κ3) is 3.67. The Labute approximate surface area is 185 Å². The van der Waals surface area contributed by atoms with Gasteiger partial charge in [0.15, 0.2) is 5.76 Å². The summed E-state index contributed by atoms with van der Waals surface area (Å²) in [5.74, 6) is 2.66. The fraction of sp³-hybridized carbons (Fsp3) is 0.200. The highest BCUT2D eigenvalue weighted by Gasteiger charge is 2.33. The van der Waals surface area contributed by atoms with E-state index in [1.165, 1.54) is 0 Å². The van der Waals surface area contributed by atoms with Crippen molar-refractivity contribution in [1.29, 1.82) is 0 Å². The molecule has 7 heteroatoms. The molecule has 3 heterocycles. The number of allylic oxidation sites excluding steroid dienone is 1. The van der Waals surface area contributed by atoms with Gasteiger partial charge in [0, 0.05) is 37.1 Å². The van der Waals surface area contributed by atoms with Gasteiger partial charge in [-0.2, -0.15) is 0 Å². The lowest BCUT2D eigenvalue weighted by Crippen LogP contribution is -2.31. The Balaban J connectivity index is 1.44. The average molecular weight is 430 g/mol. The molecule has 0 bridgehead atoms. The zero-order valence-corrected chi connectivity index (χ0v) is 17.8. The molecule has 0 amide bonds. The van der Waals surface area contributed by atoms with Gasteiger partial charge in [-0.25, -0.2) is 0 Å². The van der Waals surface area contributed by atoms with Crippen LogP contribution in [0.25, 0.3) is 6.08 Å². The molecule has 0 N–H and O–H groups in total. The minimum Gasteiger partial charge on any atom is -0.497 e. The van der Waals surface area contributed by atoms with Crippen LogP contribution in [0.1, 0.15) is 27.0 Å². The highest BCUT2D eigenvalue weighted by Crippen LogP contribution is 2.42. The van der Waals surface area contributed by atoms with Crippen LogP contribution in [0, 0.1) is 0 Å². The lowest BCUT2D eigenvalue weighted by Gasteiger charge is -2.29. The van der Waals surface area contributed by atoms with Crippen molar-refractivity contribution in [2.75, 3.05) is 21.0 Å². The second kappa shape index (κ2) is 8.36. The number of ether oxygens (including phenoxy) is 4. The zero-order chi connectivity index (χ0) is 22.1. The summed E-state index contributed by atoms with van der Waals surface area (Å²) in [5, 5.41) is 0. The second-order valence-corrected chi connectivity index (χ2v) is 7.58. The molecule has 32 heavy (non-hydrogen) atoms. The van der Waals surface area contributed by atoms with Crippen molar-refractivity contribution >= 4 is 11.9 Å². The summed E-state index contributed by atoms with van der Waals surface area (Å²) in [6.45, 7) is 1.80. The SMILES string of the molecule is COc1ccc(C=C2Oc3c(ccc4c3CN(Cc3ccncc3)CO4)C2=O)c(OC)c1. The predicted octanol–water partition coefficient (Wildman–Crippen LogP) is 4.07. The summed E-state index contributed by atoms with van der Waals surface area (Å²) >= 11 is 0. The standard InChI is InChI=1S/C25H22N2O5/c1-29-18-4-3-17(22(12-18)30-2)11-23-24(28)19-5-6-21-20(25(19)32-23)14-27(15-31-21)13-16-7-9-26-10-8-16/h3-12H,13-15H2,1-2H3. The molecule has 0 atom stereocenters. The van der Waals surface area contributed by atoms with Gasteiger partial charge in [-0.3, -0.25) is 14.7 Å². The summed E-state index contributed by atoms with van der Waals surface area (Å²) in [7, 11) is 3.17. The highest BCUT2D eigenvalue weighted by molar-refractivity contribution is 6.15. The molecule has 3 aromatic rings. The number of aromatic nitrogens is 1. The van der Waals surface area contributed by atoms with E-state index in [0.29, 0.717) is 42.6 Å². The Bertz CT molecular complexity index is 1210. The minimum atomic E-state index is -0.160. The van der Waals surface area contributed by atoms with E-state index in [1.54, 1.807) is 44.8 Å². The number of hydrogen-bond donors (Lipinski definition) is 0. The van der Waals surface area contributed by atoms with Gasteiger partial charge >= 0.3 is 0 Å². The molecule has 0 saturated heterocycles. The van der Waals surface area contributed by atoms with Gasteiger partial charge in [0.1, 0.15) is 29.7 Å². The van der Waals surface area contributed by atoms with Gasteiger partial charge in [0.25, 0.3) is 0 Å². The molecule has 7 nitrogen and oxygen atoms in total. The van der Waals surface area contributed by atoms with Crippen LogP contribution in [0.2, 0.25) is 0 Å². The molecule has 2 aromatic carbocycles. The maximum absolute atomic E-state index is 13.1. The van der Waals surface area contributed by atoms with Gasteiger partial charge in [-0.1, -0.05) is 0 Å². The lowest BCUT2D eigenvalue weighted by molar-refractivity contribution is 0.0872. The van der Waals surface area contributed by atoms with E-state index in [9.17, 15) is 4.79 Å². The van der Waals surface area contributed by atoms with E-state index in [4.69, 9.17) is 18.9 Å². The van der Waals surface area contributed by atoms with Gasteiger partial charge in [0.2, 0.25) is 5.78 Å². The summed E-state index contributed by atoms with van der Waals surface area (Å²) in [6, 6.07) is 13.0. The molecule has 0 saturated carbocycles. The number of Topliss-reactive ketones (excluding diaryl/α,β-unsaturated/α-hetero) is 1. The van der Waals surface area contributed by atoms with Gasteiger partial charge in [-0.15, -0.1) is 0 Å². The maximum Gasteiger partial charge on any atom is 0.231 e. The van der Waals surface area contributed by atoms with Crippen LogP contribution in [0.3, 0.4) is 0 Å². The van der Waals surface area contributed by atoms with Gasteiger partial charge in [-0.05, 0) is 48.0 Å². The van der Waals surface area contributed by atoms with Crippen LogP contribution < -0.4 is 18.9 Å². The molecule has 0 radical (unpaired) electrons. The molecule has 1 aromatic heterocycles. The fourth-order valence-corrected chi connectivity index (χ4v) is 3.93. The lowest BCUT2D eigenvalue weighted by atomic mass is 10.0. The fourth-order valence-electron chi connectivity index (χ4n) is 3.93. The van der Waals surface area contributed by atoms with Gasteiger partial charge < -0.3 is 18.9 Å². The average Bonchev–Trinajstić information content (AvgIpc) is 3.15. The van der Waals surface area contributed by atoms with Crippen molar-refractivity contribution < 1.29 is 23.7 Å². The third-order valence-corrected chi connectivity index (χ3v) is 5.57. The number of ketones is 1. The molecule has 2 aliphatic rings. The van der Waals surface area contributed by atoms with Crippen molar-refractivity contribution in [2.45, 2.75) is 13.1 Å². The highest BCUT2D eigenvalue weighted by atomic mass is 16.5. The molecule has 0 fully saturated rings. The van der Waals surface area contributed by atoms with Crippen molar-refractivity contribution in [2.24, 2.45) is 0 Å². The number of nitrogens with zero attached hydrogens (tertiary/aromatic N) is 2. The van der Waals surface area contributed by atoms with E-state index in [2.05, 4.69) is 9.88 Å². The Morgan fingerprint density at radius 3 is 2.72 bits per heavy atom. The molecule has 162 valence electrons. The van der Waals surface area contributed by atoms with E-state index in [-0.39, 0.29) is 11.5 Å². The third-order valence-electron chi connectivity index (χ3n) is 5.57. The summed E-state index contributed by atoms with van der Waals surface area (Å²) in [5.41, 5.74) is 3.29. The zero-order valence-electron chi connectivity index (χ0n) is 17.8. The van der Waals surface area contributed by atoms with Crippen LogP contribution >= 0.6 is 0 Å². The number of carbonyl (C=O) groups is 1. The first-order valence-electron chi connectivity index (χ1n) is 10.2. The molecule has 0 unspecified atom stereocenters. The van der Waals surface area contributed by atoms with Crippen molar-refractivity contribution in [3.8, 4) is 23.0 Å². The molecular formula is C25H22N2O5. The topological polar surface area (TPSA) is 70.1 Å². The minimum absolute atomic E-state index is 0.160. The number of fused-ring (bicyclic) bond motifs is 3. The predicted molar refractivity (Wildman–Crippen MR) is 118 cm³/mol. The van der Waals surface area contributed by atoms with Crippen LogP contribution in [-0.4, -0.2) is 36.6 Å². The summed E-state index contributed by atoms with van der Waals surface area (Å²) < 4.78 is 22.7. The van der Waals surface area contributed by atoms with Crippen LogP contribution in [0.15, 0.2) is 60.6 Å². The molecule has 0 spiro atoms. The largest absolute Gasteiger partial charge is 0.497 e. The maximum atomic E-state index is 13.1. The van der Waals surface area contributed by atoms with Crippen LogP contribution in [-0.2, 0) is 13.1 Å². The van der Waals surface area contributed by atoms with E-state index < -0.39 is 0 Å². The number of rotatable bonds is 5. The Morgan fingerprint density at radius 1 is 1.09 bits per heavy atom. The van der Waals surface area contributed by atoms with E-state index in [1.807, 2.05) is 30.3 Å². The van der Waals surface area contributed by atoms with Crippen molar-refractivity contribution in [3.63, 3.8) is 0 Å². The number of hydrogen-bond acceptors (Lipinski definition) is 7. The first-order chi connectivity index (χ1) is 15.7. The first kappa shape index (κ1) is 20.1. The Morgan fingerprint density at radius 2 is 1.94 bits per heavy atom. The second-order valence-electron chi connectivity index (χ2n) is 7.58. The normalized spacial score (nSPS) is 16.2. The van der Waals surface area contributed by atoms with Crippen LogP contribution in [0.4, 0.5) is 0 Å². The number of pyridine rings is 1. The quantitative estimate of drug-likeness (QED) is 0.565. The van der Waals surface area contributed by atoms with E-state index in [0.717, 1.165) is 22.4 Å². The molecule has 2 aliphatic heterocycles. The molecule has 5 rings (SSSR count). The molecular weight excluding hydrogens is 408 g/mol. The Hall–Kier alpha value is -3.84. The number of benzene rings is 2. The summed E-state index contributed by atoms with van der Waals surface area (Å²) in [4.78, 5) is 19.3. The monoisotopic (exact) mass is 430 g/mol. The Kier molecular flexibility index (Phi) is 5.25. The first-order valence-corrected chi connectivity index (χ1v) is 10.2. The van der Waals surface area contributed by atoms with Crippen molar-refractivity contribution in [3.05, 3.63) is 82.9 Å².